The van der Waals surface area contributed by atoms with Gasteiger partial charge in [0.05, 0.1) is 0 Å². The third-order valence-electron chi connectivity index (χ3n) is 2.70. The fraction of sp³-hybridized carbons (Fsp3) is 0.667. The van der Waals surface area contributed by atoms with Crippen molar-refractivity contribution in [2.45, 2.75) is 32.4 Å². The molecule has 1 aromatic heterocycles. The summed E-state index contributed by atoms with van der Waals surface area (Å²) in [6, 6.07) is 2.73. The Balaban J connectivity index is 2.47. The van der Waals surface area contributed by atoms with Gasteiger partial charge >= 0.3 is 0 Å². The van der Waals surface area contributed by atoms with Crippen LogP contribution in [-0.4, -0.2) is 23.6 Å². The van der Waals surface area contributed by atoms with Crippen LogP contribution in [-0.2, 0) is 6.54 Å². The molecule has 0 aliphatic carbocycles. The van der Waals surface area contributed by atoms with Crippen molar-refractivity contribution >= 4 is 11.8 Å². The fourth-order valence-electron chi connectivity index (χ4n) is 1.80. The van der Waals surface area contributed by atoms with Gasteiger partial charge in [0.15, 0.2) is 0 Å². The molecule has 0 aromatic carbocycles. The molecule has 1 atom stereocenters. The molecule has 1 rings (SSSR count). The zero-order valence-electron chi connectivity index (χ0n) is 9.99. The molecule has 0 saturated carbocycles. The summed E-state index contributed by atoms with van der Waals surface area (Å²) in [5, 5.41) is 3.33. The van der Waals surface area contributed by atoms with Gasteiger partial charge in [-0.25, -0.2) is 0 Å². The van der Waals surface area contributed by atoms with E-state index in [1.165, 1.54) is 17.7 Å². The van der Waals surface area contributed by atoms with Gasteiger partial charge in [0.1, 0.15) is 0 Å². The van der Waals surface area contributed by atoms with Gasteiger partial charge in [0.2, 0.25) is 0 Å². The minimum absolute atomic E-state index is 0.506. The molecule has 1 aromatic rings. The zero-order chi connectivity index (χ0) is 11.1. The van der Waals surface area contributed by atoms with E-state index < -0.39 is 0 Å². The third-order valence-corrected chi connectivity index (χ3v) is 3.39. The molecule has 0 aliphatic heterocycles. The lowest BCUT2D eigenvalue weighted by atomic mass is 10.1. The summed E-state index contributed by atoms with van der Waals surface area (Å²) in [6.07, 6.45) is 9.02. The molecule has 2 nitrogen and oxygen atoms in total. The maximum Gasteiger partial charge on any atom is 0.0329 e. The summed E-state index contributed by atoms with van der Waals surface area (Å²) in [4.78, 5) is 0. The Hall–Kier alpha value is -0.410. The van der Waals surface area contributed by atoms with Gasteiger partial charge in [0.25, 0.3) is 0 Å². The highest BCUT2D eigenvalue weighted by Crippen LogP contribution is 2.16. The van der Waals surface area contributed by atoms with Crippen LogP contribution in [0.3, 0.4) is 0 Å². The number of rotatable bonds is 7. The van der Waals surface area contributed by atoms with Gasteiger partial charge < -0.3 is 9.88 Å². The Morgan fingerprint density at radius 2 is 2.33 bits per heavy atom. The van der Waals surface area contributed by atoms with Gasteiger partial charge in [-0.1, -0.05) is 6.92 Å². The lowest BCUT2D eigenvalue weighted by molar-refractivity contribution is 0.573. The van der Waals surface area contributed by atoms with E-state index in [0.29, 0.717) is 6.04 Å². The first-order valence-corrected chi connectivity index (χ1v) is 7.03. The average molecular weight is 226 g/mol. The van der Waals surface area contributed by atoms with Crippen LogP contribution in [0.2, 0.25) is 0 Å². The second kappa shape index (κ2) is 6.96. The van der Waals surface area contributed by atoms with E-state index in [2.05, 4.69) is 41.5 Å². The zero-order valence-corrected chi connectivity index (χ0v) is 10.8. The van der Waals surface area contributed by atoms with Crippen molar-refractivity contribution in [3.05, 3.63) is 24.0 Å². The highest BCUT2D eigenvalue weighted by molar-refractivity contribution is 7.98. The summed E-state index contributed by atoms with van der Waals surface area (Å²) in [6.45, 7) is 3.35. The number of nitrogens with zero attached hydrogens (tertiary/aromatic N) is 1. The van der Waals surface area contributed by atoms with Crippen molar-refractivity contribution in [1.82, 2.24) is 9.88 Å². The molecule has 0 fully saturated rings. The molecule has 15 heavy (non-hydrogen) atoms. The quantitative estimate of drug-likeness (QED) is 0.720. The molecule has 0 bridgehead atoms. The van der Waals surface area contributed by atoms with Crippen LogP contribution >= 0.6 is 11.8 Å². The van der Waals surface area contributed by atoms with Crippen molar-refractivity contribution in [2.75, 3.05) is 19.1 Å². The Morgan fingerprint density at radius 3 is 2.93 bits per heavy atom. The number of hydrogen-bond acceptors (Lipinski definition) is 2. The largest absolute Gasteiger partial charge is 0.354 e. The normalized spacial score (nSPS) is 13.0. The molecule has 3 heteroatoms. The fourth-order valence-corrected chi connectivity index (χ4v) is 2.22. The summed E-state index contributed by atoms with van der Waals surface area (Å²) in [5.41, 5.74) is 1.41. The van der Waals surface area contributed by atoms with Crippen molar-refractivity contribution < 1.29 is 0 Å². The van der Waals surface area contributed by atoms with Gasteiger partial charge in [-0.2, -0.15) is 11.8 Å². The number of nitrogens with one attached hydrogen (secondary N) is 1. The second-order valence-electron chi connectivity index (χ2n) is 3.78. The minimum Gasteiger partial charge on any atom is -0.354 e. The van der Waals surface area contributed by atoms with E-state index >= 15 is 0 Å². The number of aryl methyl sites for hydroxylation is 1. The minimum atomic E-state index is 0.506. The van der Waals surface area contributed by atoms with Crippen LogP contribution in [0.4, 0.5) is 0 Å². The smallest absolute Gasteiger partial charge is 0.0329 e. The van der Waals surface area contributed by atoms with Gasteiger partial charge in [-0.3, -0.25) is 0 Å². The molecule has 1 unspecified atom stereocenters. The second-order valence-corrected chi connectivity index (χ2v) is 4.76. The Labute approximate surface area is 97.4 Å². The predicted octanol–water partition coefficient (Wildman–Crippen LogP) is 2.91. The third kappa shape index (κ3) is 3.92. The molecule has 86 valence electrons. The number of hydrogen-bond donors (Lipinski definition) is 1. The summed E-state index contributed by atoms with van der Waals surface area (Å²) in [5.74, 6) is 1.25. The standard InChI is InChI=1S/C12H22N2S/c1-4-12(13-2)11-6-8-14(10-11)7-5-9-15-3/h6,8,10,12-13H,4-5,7,9H2,1-3H3. The molecule has 1 heterocycles. The molecular weight excluding hydrogens is 204 g/mol. The Bertz CT molecular complexity index is 266. The van der Waals surface area contributed by atoms with Crippen molar-refractivity contribution in [1.29, 1.82) is 0 Å². The van der Waals surface area contributed by atoms with Crippen molar-refractivity contribution in [3.8, 4) is 0 Å². The average Bonchev–Trinajstić information content (AvgIpc) is 2.69. The Kier molecular flexibility index (Phi) is 5.88. The molecule has 0 amide bonds. The van der Waals surface area contributed by atoms with E-state index in [1.807, 2.05) is 18.8 Å². The summed E-state index contributed by atoms with van der Waals surface area (Å²) in [7, 11) is 2.03. The number of thioether (sulfide) groups is 1. The van der Waals surface area contributed by atoms with Crippen LogP contribution in [0.25, 0.3) is 0 Å². The van der Waals surface area contributed by atoms with E-state index in [4.69, 9.17) is 0 Å². The number of aromatic nitrogens is 1. The Morgan fingerprint density at radius 1 is 1.53 bits per heavy atom. The topological polar surface area (TPSA) is 17.0 Å². The van der Waals surface area contributed by atoms with E-state index in [1.54, 1.807) is 0 Å². The molecular formula is C12H22N2S. The lowest BCUT2D eigenvalue weighted by Gasteiger charge is -2.11. The van der Waals surface area contributed by atoms with Gasteiger partial charge in [-0.05, 0) is 43.5 Å². The highest BCUT2D eigenvalue weighted by atomic mass is 32.2. The van der Waals surface area contributed by atoms with Crippen LogP contribution in [0.5, 0.6) is 0 Å². The van der Waals surface area contributed by atoms with E-state index in [0.717, 1.165) is 13.0 Å². The van der Waals surface area contributed by atoms with Crippen LogP contribution in [0.15, 0.2) is 18.5 Å². The maximum atomic E-state index is 3.33. The van der Waals surface area contributed by atoms with Crippen LogP contribution in [0.1, 0.15) is 31.4 Å². The monoisotopic (exact) mass is 226 g/mol. The first kappa shape index (κ1) is 12.7. The molecule has 0 spiro atoms. The summed E-state index contributed by atoms with van der Waals surface area (Å²) < 4.78 is 2.30. The van der Waals surface area contributed by atoms with Gasteiger partial charge in [0, 0.05) is 25.0 Å². The van der Waals surface area contributed by atoms with Crippen LogP contribution < -0.4 is 5.32 Å². The molecule has 0 radical (unpaired) electrons. The SMILES string of the molecule is CCC(NC)c1ccn(CCCSC)c1. The summed E-state index contributed by atoms with van der Waals surface area (Å²) >= 11 is 1.92. The first-order valence-electron chi connectivity index (χ1n) is 5.63. The highest BCUT2D eigenvalue weighted by Gasteiger charge is 2.07. The predicted molar refractivity (Wildman–Crippen MR) is 69.5 cm³/mol. The first-order chi connectivity index (χ1) is 7.31. The molecule has 0 aliphatic rings. The van der Waals surface area contributed by atoms with E-state index in [9.17, 15) is 0 Å². The van der Waals surface area contributed by atoms with Crippen molar-refractivity contribution in [3.63, 3.8) is 0 Å². The van der Waals surface area contributed by atoms with Crippen molar-refractivity contribution in [2.24, 2.45) is 0 Å². The molecule has 1 N–H and O–H groups in total. The van der Waals surface area contributed by atoms with Gasteiger partial charge in [-0.15, -0.1) is 0 Å². The van der Waals surface area contributed by atoms with Crippen LogP contribution in [0, 0.1) is 0 Å². The van der Waals surface area contributed by atoms with E-state index in [-0.39, 0.29) is 0 Å². The maximum absolute atomic E-state index is 3.33. The molecule has 0 saturated heterocycles. The lowest BCUT2D eigenvalue weighted by Crippen LogP contribution is -2.14.